The lowest BCUT2D eigenvalue weighted by Crippen LogP contribution is -2.50. The molecule has 2 aromatic heterocycles. The van der Waals surface area contributed by atoms with Gasteiger partial charge in [0.15, 0.2) is 11.5 Å². The topological polar surface area (TPSA) is 86.8 Å². The second-order valence-corrected chi connectivity index (χ2v) is 8.41. The molecule has 0 unspecified atom stereocenters. The number of halogens is 1. The molecule has 0 atom stereocenters. The van der Waals surface area contributed by atoms with E-state index in [4.69, 9.17) is 21.1 Å². The number of nitrogens with one attached hydrogen (secondary N) is 1. The van der Waals surface area contributed by atoms with E-state index in [1.165, 1.54) is 0 Å². The molecule has 30 heavy (non-hydrogen) atoms. The molecule has 0 saturated carbocycles. The van der Waals surface area contributed by atoms with Crippen LogP contribution in [0.4, 0.5) is 5.69 Å². The summed E-state index contributed by atoms with van der Waals surface area (Å²) in [7, 11) is 0. The van der Waals surface area contributed by atoms with Crippen molar-refractivity contribution in [2.75, 3.05) is 70.6 Å². The number of likely N-dealkylation sites (tertiary alicyclic amines) is 1. The third-order valence-electron chi connectivity index (χ3n) is 6.27. The van der Waals surface area contributed by atoms with E-state index in [1.807, 2.05) is 11.0 Å². The summed E-state index contributed by atoms with van der Waals surface area (Å²) < 4.78 is 10.9. The normalized spacial score (nSPS) is 22.0. The summed E-state index contributed by atoms with van der Waals surface area (Å²) in [5, 5.41) is 0.387. The fourth-order valence-electron chi connectivity index (χ4n) is 4.62. The van der Waals surface area contributed by atoms with Gasteiger partial charge in [-0.25, -0.2) is 9.97 Å². The average molecular weight is 435 g/mol. The Morgan fingerprint density at radius 3 is 2.37 bits per heavy atom. The smallest absolute Gasteiger partial charge is 0.289 e. The monoisotopic (exact) mass is 434 g/mol. The van der Waals surface area contributed by atoms with Crippen molar-refractivity contribution in [1.29, 1.82) is 0 Å². The zero-order chi connectivity index (χ0) is 20.5. The largest absolute Gasteiger partial charge is 0.379 e. The zero-order valence-electron chi connectivity index (χ0n) is 17.0. The summed E-state index contributed by atoms with van der Waals surface area (Å²) in [5.41, 5.74) is 2.14. The van der Waals surface area contributed by atoms with Crippen LogP contribution in [0.5, 0.6) is 0 Å². The summed E-state index contributed by atoms with van der Waals surface area (Å²) >= 11 is 6.24. The molecule has 9 nitrogen and oxygen atoms in total. The molecule has 0 aliphatic carbocycles. The van der Waals surface area contributed by atoms with Gasteiger partial charge in [0.1, 0.15) is 10.7 Å². The Morgan fingerprint density at radius 1 is 1.00 bits per heavy atom. The van der Waals surface area contributed by atoms with Crippen molar-refractivity contribution in [3.8, 4) is 0 Å². The first-order valence-corrected chi connectivity index (χ1v) is 11.1. The Labute approximate surface area is 180 Å². The highest BCUT2D eigenvalue weighted by Gasteiger charge is 2.30. The van der Waals surface area contributed by atoms with Gasteiger partial charge in [0, 0.05) is 51.4 Å². The van der Waals surface area contributed by atoms with Gasteiger partial charge in [-0.05, 0) is 12.8 Å². The second kappa shape index (κ2) is 8.66. The van der Waals surface area contributed by atoms with E-state index >= 15 is 0 Å². The molecule has 5 heterocycles. The standard InChI is InChI=1S/C20H27ClN6O3/c21-16-13-15(26-7-11-30-12-8-26)17-18(22-16)24-19(23-17)20(28)27-3-1-14(2-4-27)25-5-9-29-10-6-25/h13-14H,1-12H2,(H,22,23,24). The highest BCUT2D eigenvalue weighted by Crippen LogP contribution is 2.28. The fourth-order valence-corrected chi connectivity index (χ4v) is 4.80. The minimum Gasteiger partial charge on any atom is -0.379 e. The molecule has 5 rings (SSSR count). The van der Waals surface area contributed by atoms with Crippen LogP contribution >= 0.6 is 11.6 Å². The summed E-state index contributed by atoms with van der Waals surface area (Å²) in [6.45, 7) is 7.91. The number of anilines is 1. The summed E-state index contributed by atoms with van der Waals surface area (Å²) in [5.74, 6) is 0.261. The number of carbonyl (C=O) groups excluding carboxylic acids is 1. The summed E-state index contributed by atoms with van der Waals surface area (Å²) in [6.07, 6.45) is 1.96. The number of morpholine rings is 2. The van der Waals surface area contributed by atoms with Crippen LogP contribution in [0.1, 0.15) is 23.5 Å². The van der Waals surface area contributed by atoms with Crippen molar-refractivity contribution in [2.24, 2.45) is 0 Å². The number of pyridine rings is 1. The molecule has 0 radical (unpaired) electrons. The van der Waals surface area contributed by atoms with E-state index in [0.717, 1.165) is 71.0 Å². The predicted molar refractivity (Wildman–Crippen MR) is 113 cm³/mol. The molecule has 3 aliphatic heterocycles. The lowest BCUT2D eigenvalue weighted by molar-refractivity contribution is 0.00147. The van der Waals surface area contributed by atoms with Gasteiger partial charge in [-0.15, -0.1) is 0 Å². The minimum atomic E-state index is -0.0718. The van der Waals surface area contributed by atoms with Crippen LogP contribution in [0.15, 0.2) is 6.07 Å². The molecular weight excluding hydrogens is 408 g/mol. The number of fused-ring (bicyclic) bond motifs is 1. The van der Waals surface area contributed by atoms with Gasteiger partial charge in [-0.2, -0.15) is 0 Å². The quantitative estimate of drug-likeness (QED) is 0.730. The van der Waals surface area contributed by atoms with Gasteiger partial charge in [0.25, 0.3) is 5.91 Å². The molecule has 0 aromatic carbocycles. The maximum absolute atomic E-state index is 13.1. The Balaban J connectivity index is 1.31. The van der Waals surface area contributed by atoms with Gasteiger partial charge in [0.2, 0.25) is 0 Å². The highest BCUT2D eigenvalue weighted by molar-refractivity contribution is 6.30. The average Bonchev–Trinajstić information content (AvgIpc) is 3.23. The first kappa shape index (κ1) is 20.0. The molecule has 3 fully saturated rings. The number of aromatic nitrogens is 3. The third kappa shape index (κ3) is 3.99. The maximum Gasteiger partial charge on any atom is 0.289 e. The molecule has 0 spiro atoms. The molecule has 1 amide bonds. The number of nitrogens with zero attached hydrogens (tertiary/aromatic N) is 5. The molecule has 1 N–H and O–H groups in total. The number of hydrogen-bond donors (Lipinski definition) is 1. The fraction of sp³-hybridized carbons (Fsp3) is 0.650. The van der Waals surface area contributed by atoms with Crippen molar-refractivity contribution >= 4 is 34.4 Å². The van der Waals surface area contributed by atoms with Gasteiger partial charge >= 0.3 is 0 Å². The molecular formula is C20H27ClN6O3. The molecule has 3 aliphatic rings. The van der Waals surface area contributed by atoms with Gasteiger partial charge in [-0.3, -0.25) is 9.69 Å². The zero-order valence-corrected chi connectivity index (χ0v) is 17.7. The number of aromatic amines is 1. The summed E-state index contributed by atoms with van der Waals surface area (Å²) in [6, 6.07) is 2.35. The SMILES string of the molecule is O=C(c1nc2c(N3CCOCC3)cc(Cl)nc2[nH]1)N1CCC(N2CCOCC2)CC1. The van der Waals surface area contributed by atoms with Crippen LogP contribution in [-0.2, 0) is 9.47 Å². The molecule has 162 valence electrons. The van der Waals surface area contributed by atoms with Crippen LogP contribution in [0.3, 0.4) is 0 Å². The Morgan fingerprint density at radius 2 is 1.67 bits per heavy atom. The highest BCUT2D eigenvalue weighted by atomic mass is 35.5. The minimum absolute atomic E-state index is 0.0718. The van der Waals surface area contributed by atoms with Crippen LogP contribution in [-0.4, -0.2) is 102 Å². The number of H-pyrrole nitrogens is 1. The Bertz CT molecular complexity index is 901. The number of piperidine rings is 1. The number of amides is 1. The Hall–Kier alpha value is -1.94. The lowest BCUT2D eigenvalue weighted by atomic mass is 10.0. The van der Waals surface area contributed by atoms with E-state index < -0.39 is 0 Å². The molecule has 0 bridgehead atoms. The number of imidazole rings is 1. The molecule has 10 heteroatoms. The van der Waals surface area contributed by atoms with Crippen LogP contribution < -0.4 is 4.90 Å². The van der Waals surface area contributed by atoms with E-state index in [-0.39, 0.29) is 5.91 Å². The first-order valence-electron chi connectivity index (χ1n) is 10.7. The van der Waals surface area contributed by atoms with Crippen molar-refractivity contribution in [2.45, 2.75) is 18.9 Å². The third-order valence-corrected chi connectivity index (χ3v) is 6.46. The van der Waals surface area contributed by atoms with Gasteiger partial charge < -0.3 is 24.3 Å². The van der Waals surface area contributed by atoms with Crippen LogP contribution in [0.25, 0.3) is 11.2 Å². The first-order chi connectivity index (χ1) is 14.7. The number of rotatable bonds is 3. The second-order valence-electron chi connectivity index (χ2n) is 8.02. The van der Waals surface area contributed by atoms with Crippen molar-refractivity contribution in [1.82, 2.24) is 24.8 Å². The summed E-state index contributed by atoms with van der Waals surface area (Å²) in [4.78, 5) is 31.8. The number of hydrogen-bond acceptors (Lipinski definition) is 7. The number of carbonyl (C=O) groups is 1. The van der Waals surface area contributed by atoms with Crippen LogP contribution in [0.2, 0.25) is 5.15 Å². The van der Waals surface area contributed by atoms with E-state index in [1.54, 1.807) is 0 Å². The maximum atomic E-state index is 13.1. The van der Waals surface area contributed by atoms with Gasteiger partial charge in [0.05, 0.1) is 32.1 Å². The van der Waals surface area contributed by atoms with Crippen molar-refractivity contribution < 1.29 is 14.3 Å². The van der Waals surface area contributed by atoms with Crippen molar-refractivity contribution in [3.63, 3.8) is 0 Å². The van der Waals surface area contributed by atoms with Crippen LogP contribution in [0, 0.1) is 0 Å². The van der Waals surface area contributed by atoms with Crippen molar-refractivity contribution in [3.05, 3.63) is 17.0 Å². The molecule has 3 saturated heterocycles. The van der Waals surface area contributed by atoms with E-state index in [9.17, 15) is 4.79 Å². The number of ether oxygens (including phenoxy) is 2. The van der Waals surface area contributed by atoms with E-state index in [0.29, 0.717) is 41.4 Å². The van der Waals surface area contributed by atoms with E-state index in [2.05, 4.69) is 24.8 Å². The lowest BCUT2D eigenvalue weighted by Gasteiger charge is -2.39. The molecule has 2 aromatic rings. The van der Waals surface area contributed by atoms with Gasteiger partial charge in [-0.1, -0.05) is 11.6 Å². The Kier molecular flexibility index (Phi) is 5.77. The predicted octanol–water partition coefficient (Wildman–Crippen LogP) is 1.38.